The van der Waals surface area contributed by atoms with Crippen LogP contribution in [0.25, 0.3) is 0 Å². The van der Waals surface area contributed by atoms with Gasteiger partial charge in [-0.3, -0.25) is 14.7 Å². The highest BCUT2D eigenvalue weighted by molar-refractivity contribution is 5.93. The zero-order valence-corrected chi connectivity index (χ0v) is 18.0. The first-order valence-corrected chi connectivity index (χ1v) is 10.8. The van der Waals surface area contributed by atoms with E-state index in [1.54, 1.807) is 6.20 Å². The first-order chi connectivity index (χ1) is 15.0. The first kappa shape index (κ1) is 19.9. The summed E-state index contributed by atoms with van der Waals surface area (Å²) in [5.41, 5.74) is 2.53. The number of hydrogen-bond donors (Lipinski definition) is 0. The smallest absolute Gasteiger partial charge is 0.272 e. The van der Waals surface area contributed by atoms with Crippen LogP contribution in [0.4, 0.5) is 0 Å². The lowest BCUT2D eigenvalue weighted by atomic mass is 9.72. The number of fused-ring (bicyclic) bond motifs is 1. The van der Waals surface area contributed by atoms with Gasteiger partial charge in [-0.05, 0) is 30.5 Å². The lowest BCUT2D eigenvalue weighted by Crippen LogP contribution is -2.51. The Kier molecular flexibility index (Phi) is 5.06. The molecule has 2 atom stereocenters. The zero-order chi connectivity index (χ0) is 21.4. The van der Waals surface area contributed by atoms with Gasteiger partial charge in [0.25, 0.3) is 5.91 Å². The molecular formula is C24H27N5O2. The van der Waals surface area contributed by atoms with E-state index < -0.39 is 0 Å². The Morgan fingerprint density at radius 3 is 2.71 bits per heavy atom. The molecule has 1 aromatic carbocycles. The standard InChI is InChI=1S/C24H27N5O2/c1-17-7-6-11-25-21(17)22(30)29-12-10-24(23-27-26-18(2)31-23)16-28(14-20(24)15-29)13-19-8-4-3-5-9-19/h3-9,11,20H,10,12-16H2,1-2H3/t20-,24+/m1/s1. The van der Waals surface area contributed by atoms with Crippen molar-refractivity contribution < 1.29 is 9.21 Å². The molecule has 0 aliphatic carbocycles. The quantitative estimate of drug-likeness (QED) is 0.650. The molecule has 0 spiro atoms. The number of aromatic nitrogens is 3. The second-order valence-corrected chi connectivity index (χ2v) is 8.80. The molecule has 3 aromatic rings. The summed E-state index contributed by atoms with van der Waals surface area (Å²) >= 11 is 0. The van der Waals surface area contributed by atoms with Crippen molar-refractivity contribution >= 4 is 5.91 Å². The van der Waals surface area contributed by atoms with Crippen LogP contribution in [-0.2, 0) is 12.0 Å². The number of carbonyl (C=O) groups is 1. The Morgan fingerprint density at radius 2 is 1.97 bits per heavy atom. The zero-order valence-electron chi connectivity index (χ0n) is 18.0. The van der Waals surface area contributed by atoms with Gasteiger partial charge in [0.1, 0.15) is 5.69 Å². The summed E-state index contributed by atoms with van der Waals surface area (Å²) in [7, 11) is 0. The van der Waals surface area contributed by atoms with Gasteiger partial charge >= 0.3 is 0 Å². The maximum absolute atomic E-state index is 13.2. The van der Waals surface area contributed by atoms with E-state index in [0.717, 1.165) is 31.6 Å². The molecule has 2 saturated heterocycles. The number of benzene rings is 1. The van der Waals surface area contributed by atoms with Gasteiger partial charge in [0.2, 0.25) is 11.8 Å². The fraction of sp³-hybridized carbons (Fsp3) is 0.417. The Morgan fingerprint density at radius 1 is 1.13 bits per heavy atom. The van der Waals surface area contributed by atoms with Crippen molar-refractivity contribution in [2.24, 2.45) is 5.92 Å². The topological polar surface area (TPSA) is 75.4 Å². The molecule has 160 valence electrons. The molecule has 1 amide bonds. The number of rotatable bonds is 4. The lowest BCUT2D eigenvalue weighted by molar-refractivity contribution is 0.0561. The summed E-state index contributed by atoms with van der Waals surface area (Å²) in [6, 6.07) is 14.3. The maximum atomic E-state index is 13.2. The third-order valence-electron chi connectivity index (χ3n) is 6.73. The molecule has 2 fully saturated rings. The molecule has 2 aliphatic rings. The molecule has 0 N–H and O–H groups in total. The monoisotopic (exact) mass is 417 g/mol. The highest BCUT2D eigenvalue weighted by Gasteiger charge is 2.54. The van der Waals surface area contributed by atoms with E-state index >= 15 is 0 Å². The van der Waals surface area contributed by atoms with E-state index in [-0.39, 0.29) is 17.2 Å². The molecule has 4 heterocycles. The summed E-state index contributed by atoms with van der Waals surface area (Å²) in [5.74, 6) is 1.55. The SMILES string of the molecule is Cc1nnc([C@]23CCN(C(=O)c4ncccc4C)C[C@H]2CN(Cc2ccccc2)C3)o1. The second-order valence-electron chi connectivity index (χ2n) is 8.80. The molecule has 0 unspecified atom stereocenters. The van der Waals surface area contributed by atoms with E-state index in [1.165, 1.54) is 5.56 Å². The average molecular weight is 418 g/mol. The number of piperidine rings is 1. The number of nitrogens with zero attached hydrogens (tertiary/aromatic N) is 5. The highest BCUT2D eigenvalue weighted by Crippen LogP contribution is 2.45. The predicted octanol–water partition coefficient (Wildman–Crippen LogP) is 3.00. The first-order valence-electron chi connectivity index (χ1n) is 10.8. The summed E-state index contributed by atoms with van der Waals surface area (Å²) in [6.07, 6.45) is 2.50. The summed E-state index contributed by atoms with van der Waals surface area (Å²) < 4.78 is 5.96. The minimum Gasteiger partial charge on any atom is -0.425 e. The van der Waals surface area contributed by atoms with Gasteiger partial charge < -0.3 is 9.32 Å². The van der Waals surface area contributed by atoms with Gasteiger partial charge in [0.15, 0.2) is 0 Å². The third kappa shape index (κ3) is 3.63. The fourth-order valence-electron chi connectivity index (χ4n) is 5.14. The predicted molar refractivity (Wildman–Crippen MR) is 115 cm³/mol. The van der Waals surface area contributed by atoms with Gasteiger partial charge in [-0.1, -0.05) is 36.4 Å². The van der Waals surface area contributed by atoms with Crippen LogP contribution in [-0.4, -0.2) is 57.1 Å². The lowest BCUT2D eigenvalue weighted by Gasteiger charge is -2.41. The molecule has 2 aliphatic heterocycles. The van der Waals surface area contributed by atoms with Crippen LogP contribution in [0.5, 0.6) is 0 Å². The van der Waals surface area contributed by atoms with E-state index in [9.17, 15) is 4.79 Å². The third-order valence-corrected chi connectivity index (χ3v) is 6.73. The minimum atomic E-state index is -0.216. The Bertz CT molecular complexity index is 1080. The van der Waals surface area contributed by atoms with Gasteiger partial charge in [-0.2, -0.15) is 0 Å². The van der Waals surface area contributed by atoms with Crippen molar-refractivity contribution in [1.82, 2.24) is 25.0 Å². The van der Waals surface area contributed by atoms with Crippen molar-refractivity contribution in [3.63, 3.8) is 0 Å². The summed E-state index contributed by atoms with van der Waals surface area (Å²) in [5, 5.41) is 8.54. The molecule has 0 radical (unpaired) electrons. The second kappa shape index (κ2) is 7.89. The minimum absolute atomic E-state index is 0.00918. The molecular weight excluding hydrogens is 390 g/mol. The van der Waals surface area contributed by atoms with Crippen LogP contribution in [0.3, 0.4) is 0 Å². The Balaban J connectivity index is 1.41. The largest absolute Gasteiger partial charge is 0.425 e. The van der Waals surface area contributed by atoms with Crippen LogP contribution in [0.1, 0.15) is 39.8 Å². The summed E-state index contributed by atoms with van der Waals surface area (Å²) in [6.45, 7) is 7.72. The Hall–Kier alpha value is -3.06. The molecule has 31 heavy (non-hydrogen) atoms. The normalized spacial score (nSPS) is 23.7. The molecule has 5 rings (SSSR count). The van der Waals surface area contributed by atoms with Crippen LogP contribution in [0.2, 0.25) is 0 Å². The molecule has 7 heteroatoms. The van der Waals surface area contributed by atoms with E-state index in [2.05, 4.69) is 44.3 Å². The van der Waals surface area contributed by atoms with Crippen molar-refractivity contribution in [3.8, 4) is 0 Å². The van der Waals surface area contributed by atoms with E-state index in [1.807, 2.05) is 36.9 Å². The molecule has 0 bridgehead atoms. The van der Waals surface area contributed by atoms with Crippen molar-refractivity contribution in [3.05, 3.63) is 77.3 Å². The van der Waals surface area contributed by atoms with Gasteiger partial charge in [0.05, 0.1) is 5.41 Å². The number of pyridine rings is 1. The molecule has 2 aromatic heterocycles. The van der Waals surface area contributed by atoms with E-state index in [4.69, 9.17) is 4.42 Å². The maximum Gasteiger partial charge on any atom is 0.272 e. The number of carbonyl (C=O) groups excluding carboxylic acids is 1. The van der Waals surface area contributed by atoms with Gasteiger partial charge in [0, 0.05) is 51.8 Å². The summed E-state index contributed by atoms with van der Waals surface area (Å²) in [4.78, 5) is 22.0. The fourth-order valence-corrected chi connectivity index (χ4v) is 5.14. The number of amides is 1. The number of hydrogen-bond acceptors (Lipinski definition) is 6. The van der Waals surface area contributed by atoms with Crippen molar-refractivity contribution in [2.75, 3.05) is 26.2 Å². The molecule has 7 nitrogen and oxygen atoms in total. The van der Waals surface area contributed by atoms with Crippen LogP contribution >= 0.6 is 0 Å². The number of likely N-dealkylation sites (tertiary alicyclic amines) is 2. The average Bonchev–Trinajstić information content (AvgIpc) is 3.37. The Labute approximate surface area is 182 Å². The van der Waals surface area contributed by atoms with Crippen LogP contribution in [0.15, 0.2) is 53.1 Å². The van der Waals surface area contributed by atoms with Crippen LogP contribution in [0, 0.1) is 19.8 Å². The highest BCUT2D eigenvalue weighted by atomic mass is 16.4. The van der Waals surface area contributed by atoms with Crippen molar-refractivity contribution in [2.45, 2.75) is 32.2 Å². The van der Waals surface area contributed by atoms with Gasteiger partial charge in [-0.25, -0.2) is 0 Å². The van der Waals surface area contributed by atoms with E-state index in [0.29, 0.717) is 30.6 Å². The van der Waals surface area contributed by atoms with Gasteiger partial charge in [-0.15, -0.1) is 10.2 Å². The van der Waals surface area contributed by atoms with Crippen LogP contribution < -0.4 is 0 Å². The number of aryl methyl sites for hydroxylation is 2. The van der Waals surface area contributed by atoms with Crippen molar-refractivity contribution in [1.29, 1.82) is 0 Å². The molecule has 0 saturated carbocycles.